The molecule has 0 aliphatic rings. The third kappa shape index (κ3) is 3.42. The van der Waals surface area contributed by atoms with Gasteiger partial charge in [-0.1, -0.05) is 43.7 Å². The summed E-state index contributed by atoms with van der Waals surface area (Å²) >= 11 is 0. The summed E-state index contributed by atoms with van der Waals surface area (Å²) in [5.74, 6) is 0.491. The van der Waals surface area contributed by atoms with Crippen LogP contribution in [0.5, 0.6) is 0 Å². The average Bonchev–Trinajstić information content (AvgIpc) is 2.92. The summed E-state index contributed by atoms with van der Waals surface area (Å²) in [4.78, 5) is 17.0. The molecule has 0 saturated heterocycles. The lowest BCUT2D eigenvalue weighted by molar-refractivity contribution is -0.117. The van der Waals surface area contributed by atoms with Gasteiger partial charge in [0.15, 0.2) is 11.5 Å². The first-order valence-electron chi connectivity index (χ1n) is 7.90. The molecule has 118 valence electrons. The van der Waals surface area contributed by atoms with Crippen molar-refractivity contribution in [3.63, 3.8) is 0 Å². The van der Waals surface area contributed by atoms with Crippen LogP contribution < -0.4 is 5.32 Å². The van der Waals surface area contributed by atoms with Crippen molar-refractivity contribution in [2.24, 2.45) is 0 Å². The van der Waals surface area contributed by atoms with Gasteiger partial charge in [-0.3, -0.25) is 4.79 Å². The number of nitrogens with zero attached hydrogens (tertiary/aromatic N) is 1. The summed E-state index contributed by atoms with van der Waals surface area (Å²) in [6.07, 6.45) is 1.77. The number of aromatic nitrogens is 1. The predicted octanol–water partition coefficient (Wildman–Crippen LogP) is 4.66. The van der Waals surface area contributed by atoms with Crippen molar-refractivity contribution in [2.45, 2.75) is 32.6 Å². The Labute approximate surface area is 135 Å². The van der Waals surface area contributed by atoms with E-state index in [0.29, 0.717) is 5.89 Å². The second-order valence-corrected chi connectivity index (χ2v) is 5.66. The van der Waals surface area contributed by atoms with E-state index in [1.807, 2.05) is 55.5 Å². The molecule has 3 aromatic rings. The molecule has 0 bridgehead atoms. The zero-order valence-electron chi connectivity index (χ0n) is 13.4. The highest BCUT2D eigenvalue weighted by atomic mass is 16.3. The van der Waals surface area contributed by atoms with Crippen LogP contribution in [-0.4, -0.2) is 10.9 Å². The Morgan fingerprint density at radius 3 is 2.74 bits per heavy atom. The first kappa shape index (κ1) is 15.3. The number of carbonyl (C=O) groups excluding carboxylic acids is 1. The number of anilines is 1. The summed E-state index contributed by atoms with van der Waals surface area (Å²) in [7, 11) is 0. The summed E-state index contributed by atoms with van der Waals surface area (Å²) in [5.41, 5.74) is 3.28. The molecule has 0 aliphatic carbocycles. The largest absolute Gasteiger partial charge is 0.441 e. The molecule has 1 atom stereocenters. The molecule has 1 amide bonds. The van der Waals surface area contributed by atoms with E-state index < -0.39 is 0 Å². The van der Waals surface area contributed by atoms with Gasteiger partial charge in [-0.15, -0.1) is 0 Å². The molecule has 23 heavy (non-hydrogen) atoms. The summed E-state index contributed by atoms with van der Waals surface area (Å²) in [6.45, 7) is 3.90. The van der Waals surface area contributed by atoms with Crippen molar-refractivity contribution in [3.8, 4) is 0 Å². The number of carbonyl (C=O) groups is 1. The number of aryl methyl sites for hydroxylation is 1. The molecule has 0 radical (unpaired) electrons. The van der Waals surface area contributed by atoms with Gasteiger partial charge in [0.25, 0.3) is 0 Å². The Bertz CT molecular complexity index is 809. The average molecular weight is 308 g/mol. The van der Waals surface area contributed by atoms with E-state index >= 15 is 0 Å². The lowest BCUT2D eigenvalue weighted by atomic mass is 9.93. The van der Waals surface area contributed by atoms with E-state index in [1.165, 1.54) is 0 Å². The van der Waals surface area contributed by atoms with Crippen molar-refractivity contribution < 1.29 is 9.21 Å². The molecule has 2 aromatic carbocycles. The number of oxazole rings is 1. The van der Waals surface area contributed by atoms with Gasteiger partial charge < -0.3 is 9.73 Å². The van der Waals surface area contributed by atoms with Gasteiger partial charge >= 0.3 is 0 Å². The van der Waals surface area contributed by atoms with Crippen molar-refractivity contribution in [1.82, 2.24) is 4.98 Å². The third-order valence-electron chi connectivity index (χ3n) is 3.86. The van der Waals surface area contributed by atoms with Crippen LogP contribution in [0.3, 0.4) is 0 Å². The van der Waals surface area contributed by atoms with Crippen LogP contribution in [0.1, 0.15) is 37.1 Å². The molecule has 3 rings (SSSR count). The normalized spacial score (nSPS) is 12.3. The molecule has 0 unspecified atom stereocenters. The highest BCUT2D eigenvalue weighted by Crippen LogP contribution is 2.25. The van der Waals surface area contributed by atoms with Crippen molar-refractivity contribution >= 4 is 22.7 Å². The first-order chi connectivity index (χ1) is 11.2. The Morgan fingerprint density at radius 2 is 2.00 bits per heavy atom. The Hall–Kier alpha value is -2.62. The van der Waals surface area contributed by atoms with Gasteiger partial charge in [-0.2, -0.15) is 0 Å². The molecular weight excluding hydrogens is 288 g/mol. The standard InChI is InChI=1S/C19H20N2O2/c1-3-7-16(14-8-5-4-6-9-14)19(22)21-15-10-11-18-17(12-15)20-13(2)23-18/h4-6,8-12,16H,3,7H2,1-2H3,(H,21,22)/t16-/m1/s1. The fraction of sp³-hybridized carbons (Fsp3) is 0.263. The number of hydrogen-bond acceptors (Lipinski definition) is 3. The summed E-state index contributed by atoms with van der Waals surface area (Å²) in [6, 6.07) is 15.4. The highest BCUT2D eigenvalue weighted by molar-refractivity contribution is 5.97. The van der Waals surface area contributed by atoms with Gasteiger partial charge in [-0.05, 0) is 30.2 Å². The number of nitrogens with one attached hydrogen (secondary N) is 1. The molecule has 0 fully saturated rings. The summed E-state index contributed by atoms with van der Waals surface area (Å²) < 4.78 is 5.46. The predicted molar refractivity (Wildman–Crippen MR) is 91.5 cm³/mol. The van der Waals surface area contributed by atoms with Crippen LogP contribution >= 0.6 is 0 Å². The minimum Gasteiger partial charge on any atom is -0.441 e. The second kappa shape index (κ2) is 6.65. The lowest BCUT2D eigenvalue weighted by Crippen LogP contribution is -2.21. The van der Waals surface area contributed by atoms with Gasteiger partial charge in [-0.25, -0.2) is 4.98 Å². The highest BCUT2D eigenvalue weighted by Gasteiger charge is 2.19. The maximum absolute atomic E-state index is 12.7. The maximum Gasteiger partial charge on any atom is 0.231 e. The zero-order chi connectivity index (χ0) is 16.2. The molecule has 0 aliphatic heterocycles. The zero-order valence-corrected chi connectivity index (χ0v) is 13.4. The molecule has 0 spiro atoms. The van der Waals surface area contributed by atoms with Gasteiger partial charge in [0.1, 0.15) is 5.52 Å². The fourth-order valence-corrected chi connectivity index (χ4v) is 2.77. The van der Waals surface area contributed by atoms with Gasteiger partial charge in [0.2, 0.25) is 5.91 Å². The number of fused-ring (bicyclic) bond motifs is 1. The SMILES string of the molecule is CCC[C@@H](C(=O)Nc1ccc2oc(C)nc2c1)c1ccccc1. The van der Waals surface area contributed by atoms with Crippen LogP contribution in [-0.2, 0) is 4.79 Å². The Morgan fingerprint density at radius 1 is 1.22 bits per heavy atom. The monoisotopic (exact) mass is 308 g/mol. The van der Waals surface area contributed by atoms with E-state index in [2.05, 4.69) is 17.2 Å². The van der Waals surface area contributed by atoms with Crippen LogP contribution in [0.4, 0.5) is 5.69 Å². The first-order valence-corrected chi connectivity index (χ1v) is 7.90. The molecule has 4 heteroatoms. The number of benzene rings is 2. The minimum atomic E-state index is -0.143. The van der Waals surface area contributed by atoms with Crippen molar-refractivity contribution in [3.05, 3.63) is 60.0 Å². The second-order valence-electron chi connectivity index (χ2n) is 5.66. The third-order valence-corrected chi connectivity index (χ3v) is 3.86. The molecular formula is C19H20N2O2. The molecule has 0 saturated carbocycles. The summed E-state index contributed by atoms with van der Waals surface area (Å²) in [5, 5.41) is 3.01. The van der Waals surface area contributed by atoms with E-state index in [4.69, 9.17) is 4.42 Å². The quantitative estimate of drug-likeness (QED) is 0.746. The van der Waals surface area contributed by atoms with Crippen LogP contribution in [0.15, 0.2) is 52.9 Å². The van der Waals surface area contributed by atoms with Crippen LogP contribution in [0.25, 0.3) is 11.1 Å². The Balaban J connectivity index is 1.82. The minimum absolute atomic E-state index is 0.0117. The molecule has 1 aromatic heterocycles. The lowest BCUT2D eigenvalue weighted by Gasteiger charge is -2.16. The van der Waals surface area contributed by atoms with Crippen LogP contribution in [0, 0.1) is 6.92 Å². The number of amides is 1. The van der Waals surface area contributed by atoms with E-state index in [9.17, 15) is 4.79 Å². The van der Waals surface area contributed by atoms with Crippen molar-refractivity contribution in [2.75, 3.05) is 5.32 Å². The molecule has 1 heterocycles. The van der Waals surface area contributed by atoms with E-state index in [-0.39, 0.29) is 11.8 Å². The number of hydrogen-bond donors (Lipinski definition) is 1. The van der Waals surface area contributed by atoms with Gasteiger partial charge in [0, 0.05) is 12.6 Å². The topological polar surface area (TPSA) is 55.1 Å². The molecule has 1 N–H and O–H groups in total. The van der Waals surface area contributed by atoms with Gasteiger partial charge in [0.05, 0.1) is 5.92 Å². The maximum atomic E-state index is 12.7. The Kier molecular flexibility index (Phi) is 4.42. The fourth-order valence-electron chi connectivity index (χ4n) is 2.77. The van der Waals surface area contributed by atoms with E-state index in [0.717, 1.165) is 35.2 Å². The van der Waals surface area contributed by atoms with Crippen molar-refractivity contribution in [1.29, 1.82) is 0 Å². The number of rotatable bonds is 5. The molecule has 4 nitrogen and oxygen atoms in total. The smallest absolute Gasteiger partial charge is 0.231 e. The van der Waals surface area contributed by atoms with E-state index in [1.54, 1.807) is 0 Å². The van der Waals surface area contributed by atoms with Crippen LogP contribution in [0.2, 0.25) is 0 Å².